The third-order valence-electron chi connectivity index (χ3n) is 2.55. The summed E-state index contributed by atoms with van der Waals surface area (Å²) < 4.78 is 6.06. The van der Waals surface area contributed by atoms with Crippen LogP contribution in [0.1, 0.15) is 17.3 Å². The van der Waals surface area contributed by atoms with Crippen molar-refractivity contribution in [2.24, 2.45) is 5.84 Å². The maximum absolute atomic E-state index is 5.59. The van der Waals surface area contributed by atoms with Gasteiger partial charge in [-0.1, -0.05) is 6.07 Å². The van der Waals surface area contributed by atoms with E-state index in [4.69, 9.17) is 10.6 Å². The van der Waals surface area contributed by atoms with Gasteiger partial charge in [-0.05, 0) is 33.6 Å². The standard InChI is InChI=1S/C12H13BrN4O/c1-18-11-3-2-8(6-9(11)13)12(17-14)10-7-15-4-5-16-10/h2-7,12,17H,14H2,1H3. The summed E-state index contributed by atoms with van der Waals surface area (Å²) in [6.07, 6.45) is 4.95. The second-order valence-corrected chi connectivity index (χ2v) is 4.48. The highest BCUT2D eigenvalue weighted by Crippen LogP contribution is 2.29. The van der Waals surface area contributed by atoms with E-state index in [1.807, 2.05) is 18.2 Å². The van der Waals surface area contributed by atoms with E-state index in [9.17, 15) is 0 Å². The summed E-state index contributed by atoms with van der Waals surface area (Å²) in [4.78, 5) is 8.29. The predicted molar refractivity (Wildman–Crippen MR) is 71.9 cm³/mol. The van der Waals surface area contributed by atoms with Crippen molar-refractivity contribution in [3.8, 4) is 5.75 Å². The number of halogens is 1. The lowest BCUT2D eigenvalue weighted by atomic mass is 10.0. The fourth-order valence-electron chi connectivity index (χ4n) is 1.67. The number of methoxy groups -OCH3 is 1. The van der Waals surface area contributed by atoms with Gasteiger partial charge in [-0.15, -0.1) is 0 Å². The quantitative estimate of drug-likeness (QED) is 0.665. The molecule has 2 aromatic rings. The van der Waals surface area contributed by atoms with E-state index in [0.29, 0.717) is 0 Å². The van der Waals surface area contributed by atoms with Crippen LogP contribution < -0.4 is 16.0 Å². The molecule has 0 amide bonds. The van der Waals surface area contributed by atoms with Crippen molar-refractivity contribution >= 4 is 15.9 Å². The zero-order valence-electron chi connectivity index (χ0n) is 9.80. The van der Waals surface area contributed by atoms with Gasteiger partial charge >= 0.3 is 0 Å². The van der Waals surface area contributed by atoms with E-state index in [-0.39, 0.29) is 6.04 Å². The molecule has 6 heteroatoms. The Labute approximate surface area is 113 Å². The zero-order valence-corrected chi connectivity index (χ0v) is 11.4. The summed E-state index contributed by atoms with van der Waals surface area (Å²) in [5.74, 6) is 6.37. The van der Waals surface area contributed by atoms with Crippen LogP contribution in [-0.2, 0) is 0 Å². The summed E-state index contributed by atoms with van der Waals surface area (Å²) in [5, 5.41) is 0. The maximum atomic E-state index is 5.59. The van der Waals surface area contributed by atoms with Crippen LogP contribution in [-0.4, -0.2) is 17.1 Å². The molecule has 0 radical (unpaired) electrons. The van der Waals surface area contributed by atoms with Gasteiger partial charge in [0.15, 0.2) is 0 Å². The molecule has 94 valence electrons. The average Bonchev–Trinajstić information content (AvgIpc) is 2.41. The molecule has 1 atom stereocenters. The van der Waals surface area contributed by atoms with E-state index in [2.05, 4.69) is 31.3 Å². The Morgan fingerprint density at radius 2 is 2.22 bits per heavy atom. The van der Waals surface area contributed by atoms with Crippen molar-refractivity contribution in [2.75, 3.05) is 7.11 Å². The van der Waals surface area contributed by atoms with Crippen LogP contribution in [0.5, 0.6) is 5.75 Å². The second-order valence-electron chi connectivity index (χ2n) is 3.62. The SMILES string of the molecule is COc1ccc(C(NN)c2cnccn2)cc1Br. The van der Waals surface area contributed by atoms with Crippen molar-refractivity contribution < 1.29 is 4.74 Å². The molecular weight excluding hydrogens is 296 g/mol. The molecule has 0 aliphatic carbocycles. The van der Waals surface area contributed by atoms with Gasteiger partial charge in [-0.25, -0.2) is 5.43 Å². The minimum atomic E-state index is -0.207. The molecule has 0 saturated heterocycles. The van der Waals surface area contributed by atoms with Gasteiger partial charge in [-0.3, -0.25) is 15.8 Å². The van der Waals surface area contributed by atoms with E-state index >= 15 is 0 Å². The molecule has 0 aliphatic heterocycles. The summed E-state index contributed by atoms with van der Waals surface area (Å²) in [6, 6.07) is 5.54. The van der Waals surface area contributed by atoms with Crippen LogP contribution in [0, 0.1) is 0 Å². The summed E-state index contributed by atoms with van der Waals surface area (Å²) in [6.45, 7) is 0. The number of ether oxygens (including phenoxy) is 1. The Morgan fingerprint density at radius 3 is 2.78 bits per heavy atom. The molecule has 0 saturated carbocycles. The Balaban J connectivity index is 2.37. The second kappa shape index (κ2) is 5.90. The van der Waals surface area contributed by atoms with Crippen LogP contribution in [0.4, 0.5) is 0 Å². The molecule has 1 aromatic carbocycles. The van der Waals surface area contributed by atoms with Crippen molar-refractivity contribution in [3.63, 3.8) is 0 Å². The monoisotopic (exact) mass is 308 g/mol. The highest BCUT2D eigenvalue weighted by Gasteiger charge is 2.15. The lowest BCUT2D eigenvalue weighted by Gasteiger charge is -2.16. The van der Waals surface area contributed by atoms with E-state index in [1.165, 1.54) is 0 Å². The molecular formula is C12H13BrN4O. The first-order chi connectivity index (χ1) is 8.76. The normalized spacial score (nSPS) is 12.2. The molecule has 0 bridgehead atoms. The number of hydrogen-bond donors (Lipinski definition) is 2. The van der Waals surface area contributed by atoms with Gasteiger partial charge in [0, 0.05) is 12.4 Å². The maximum Gasteiger partial charge on any atom is 0.133 e. The number of hydrazine groups is 1. The molecule has 0 aliphatic rings. The van der Waals surface area contributed by atoms with Crippen LogP contribution in [0.3, 0.4) is 0 Å². The number of nitrogens with one attached hydrogen (secondary N) is 1. The third kappa shape index (κ3) is 2.66. The van der Waals surface area contributed by atoms with Gasteiger partial charge in [0.2, 0.25) is 0 Å². The van der Waals surface area contributed by atoms with Crippen molar-refractivity contribution in [1.29, 1.82) is 0 Å². The fourth-order valence-corrected chi connectivity index (χ4v) is 2.23. The van der Waals surface area contributed by atoms with Crippen LogP contribution in [0.25, 0.3) is 0 Å². The largest absolute Gasteiger partial charge is 0.496 e. The lowest BCUT2D eigenvalue weighted by Crippen LogP contribution is -2.29. The zero-order chi connectivity index (χ0) is 13.0. The van der Waals surface area contributed by atoms with Crippen molar-refractivity contribution in [2.45, 2.75) is 6.04 Å². The van der Waals surface area contributed by atoms with E-state index in [0.717, 1.165) is 21.5 Å². The number of hydrogen-bond acceptors (Lipinski definition) is 5. The summed E-state index contributed by atoms with van der Waals surface area (Å²) >= 11 is 3.45. The number of nitrogens with two attached hydrogens (primary N) is 1. The van der Waals surface area contributed by atoms with E-state index in [1.54, 1.807) is 25.7 Å². The highest BCUT2D eigenvalue weighted by molar-refractivity contribution is 9.10. The number of rotatable bonds is 4. The fraction of sp³-hybridized carbons (Fsp3) is 0.167. The molecule has 1 aromatic heterocycles. The Morgan fingerprint density at radius 1 is 1.39 bits per heavy atom. The smallest absolute Gasteiger partial charge is 0.133 e. The molecule has 1 unspecified atom stereocenters. The Bertz CT molecular complexity index is 521. The number of nitrogens with zero attached hydrogens (tertiary/aromatic N) is 2. The lowest BCUT2D eigenvalue weighted by molar-refractivity contribution is 0.411. The molecule has 2 rings (SSSR count). The molecule has 18 heavy (non-hydrogen) atoms. The molecule has 3 N–H and O–H groups in total. The Kier molecular flexibility index (Phi) is 4.24. The molecule has 1 heterocycles. The first-order valence-electron chi connectivity index (χ1n) is 5.31. The minimum Gasteiger partial charge on any atom is -0.496 e. The Hall–Kier alpha value is -1.50. The topological polar surface area (TPSA) is 73.1 Å². The van der Waals surface area contributed by atoms with Gasteiger partial charge < -0.3 is 4.74 Å². The average molecular weight is 309 g/mol. The van der Waals surface area contributed by atoms with E-state index < -0.39 is 0 Å². The molecule has 0 spiro atoms. The van der Waals surface area contributed by atoms with Crippen molar-refractivity contribution in [3.05, 3.63) is 52.5 Å². The molecule has 0 fully saturated rings. The van der Waals surface area contributed by atoms with Crippen LogP contribution >= 0.6 is 15.9 Å². The van der Waals surface area contributed by atoms with Gasteiger partial charge in [0.05, 0.1) is 29.5 Å². The van der Waals surface area contributed by atoms with Crippen molar-refractivity contribution in [1.82, 2.24) is 15.4 Å². The van der Waals surface area contributed by atoms with Crippen LogP contribution in [0.15, 0.2) is 41.3 Å². The molecule has 5 nitrogen and oxygen atoms in total. The number of aromatic nitrogens is 2. The first kappa shape index (κ1) is 12.9. The summed E-state index contributed by atoms with van der Waals surface area (Å²) in [7, 11) is 1.63. The van der Waals surface area contributed by atoms with Crippen LogP contribution in [0.2, 0.25) is 0 Å². The first-order valence-corrected chi connectivity index (χ1v) is 6.11. The van der Waals surface area contributed by atoms with Gasteiger partial charge in [-0.2, -0.15) is 0 Å². The number of benzene rings is 1. The predicted octanol–water partition coefficient (Wildman–Crippen LogP) is 1.80. The minimum absolute atomic E-state index is 0.207. The third-order valence-corrected chi connectivity index (χ3v) is 3.17. The van der Waals surface area contributed by atoms with Gasteiger partial charge in [0.25, 0.3) is 0 Å². The highest BCUT2D eigenvalue weighted by atomic mass is 79.9. The van der Waals surface area contributed by atoms with Gasteiger partial charge in [0.1, 0.15) is 5.75 Å². The summed E-state index contributed by atoms with van der Waals surface area (Å²) in [5.41, 5.74) is 4.47.